The first-order chi connectivity index (χ1) is 11.6. The average molecular weight is 333 g/mol. The first kappa shape index (κ1) is 16.0. The van der Waals surface area contributed by atoms with Gasteiger partial charge >= 0.3 is 0 Å². The zero-order valence-corrected chi connectivity index (χ0v) is 14.2. The predicted molar refractivity (Wildman–Crippen MR) is 88.2 cm³/mol. The molecule has 24 heavy (non-hydrogen) atoms. The molecule has 1 amide bonds. The molecule has 1 N–H and O–H groups in total. The first-order valence-electron chi connectivity index (χ1n) is 9.23. The van der Waals surface area contributed by atoms with Crippen LogP contribution < -0.4 is 0 Å². The summed E-state index contributed by atoms with van der Waals surface area (Å²) in [5, 5.41) is 18.5. The van der Waals surface area contributed by atoms with E-state index >= 15 is 0 Å². The van der Waals surface area contributed by atoms with Gasteiger partial charge in [-0.15, -0.1) is 5.10 Å². The third kappa shape index (κ3) is 3.47. The Kier molecular flexibility index (Phi) is 4.30. The van der Waals surface area contributed by atoms with Crippen LogP contribution in [0.4, 0.5) is 0 Å². The molecule has 0 bridgehead atoms. The second kappa shape index (κ2) is 6.44. The first-order valence-corrected chi connectivity index (χ1v) is 9.23. The minimum absolute atomic E-state index is 0.259. The summed E-state index contributed by atoms with van der Waals surface area (Å²) in [4.78, 5) is 17.2. The minimum atomic E-state index is -0.814. The smallest absolute Gasteiger partial charge is 0.237 e. The monoisotopic (exact) mass is 333 g/mol. The maximum Gasteiger partial charge on any atom is 0.237 e. The van der Waals surface area contributed by atoms with Crippen LogP contribution in [0.15, 0.2) is 12.4 Å². The number of carbonyl (C=O) groups is 1. The van der Waals surface area contributed by atoms with Crippen LogP contribution in [0.25, 0.3) is 0 Å². The molecule has 2 aliphatic carbocycles. The molecule has 2 saturated carbocycles. The normalized spacial score (nSPS) is 28.5. The summed E-state index contributed by atoms with van der Waals surface area (Å²) in [5.74, 6) is 0.259. The Hall–Kier alpha value is -1.47. The van der Waals surface area contributed by atoms with E-state index in [0.29, 0.717) is 38.1 Å². The van der Waals surface area contributed by atoms with Crippen molar-refractivity contribution in [2.24, 2.45) is 0 Å². The van der Waals surface area contributed by atoms with Gasteiger partial charge < -0.3 is 10.0 Å². The number of aliphatic hydroxyl groups is 1. The molecule has 1 aromatic heterocycles. The molecule has 0 aromatic carbocycles. The van der Waals surface area contributed by atoms with Crippen LogP contribution in [0, 0.1) is 0 Å². The Morgan fingerprint density at radius 3 is 2.67 bits per heavy atom. The summed E-state index contributed by atoms with van der Waals surface area (Å²) >= 11 is 0. The second-order valence-corrected chi connectivity index (χ2v) is 7.76. The summed E-state index contributed by atoms with van der Waals surface area (Å²) < 4.78 is 1.67. The van der Waals surface area contributed by atoms with Crippen LogP contribution in [0.1, 0.15) is 44.9 Å². The van der Waals surface area contributed by atoms with Gasteiger partial charge in [-0.25, -0.2) is 4.68 Å². The highest BCUT2D eigenvalue weighted by Gasteiger charge is 2.41. The van der Waals surface area contributed by atoms with Gasteiger partial charge in [0.05, 0.1) is 24.9 Å². The minimum Gasteiger partial charge on any atom is -0.387 e. The van der Waals surface area contributed by atoms with Gasteiger partial charge in [-0.3, -0.25) is 9.69 Å². The summed E-state index contributed by atoms with van der Waals surface area (Å²) in [6.45, 7) is 2.17. The fraction of sp³-hybridized carbons (Fsp3) is 0.824. The highest BCUT2D eigenvalue weighted by atomic mass is 16.3. The van der Waals surface area contributed by atoms with E-state index in [-0.39, 0.29) is 5.91 Å². The number of hydrogen-bond acceptors (Lipinski definition) is 5. The molecule has 4 rings (SSSR count). The zero-order valence-electron chi connectivity index (χ0n) is 14.2. The quantitative estimate of drug-likeness (QED) is 0.827. The number of β-amino-alcohol motifs (C(OH)–C–C–N with tert-alkyl or cyclic N) is 1. The molecule has 0 radical (unpaired) electrons. The molecule has 132 valence electrons. The lowest BCUT2D eigenvalue weighted by atomic mass is 10.0. The van der Waals surface area contributed by atoms with Gasteiger partial charge in [0.25, 0.3) is 0 Å². The average Bonchev–Trinajstić information content (AvgIpc) is 2.94. The molecule has 1 aliphatic heterocycles. The molecule has 1 unspecified atom stereocenters. The third-order valence-electron chi connectivity index (χ3n) is 5.64. The van der Waals surface area contributed by atoms with Crippen LogP contribution in [0.3, 0.4) is 0 Å². The number of amides is 1. The van der Waals surface area contributed by atoms with Crippen LogP contribution >= 0.6 is 0 Å². The van der Waals surface area contributed by atoms with Gasteiger partial charge in [-0.2, -0.15) is 0 Å². The zero-order chi connectivity index (χ0) is 16.6. The fourth-order valence-electron chi connectivity index (χ4n) is 4.34. The van der Waals surface area contributed by atoms with Crippen molar-refractivity contribution in [1.29, 1.82) is 0 Å². The Balaban J connectivity index is 1.34. The van der Waals surface area contributed by atoms with E-state index in [1.807, 2.05) is 0 Å². The molecule has 3 fully saturated rings. The molecule has 7 heteroatoms. The molecule has 1 saturated heterocycles. The number of carbonyl (C=O) groups excluding carboxylic acids is 1. The van der Waals surface area contributed by atoms with Gasteiger partial charge in [0.2, 0.25) is 5.91 Å². The van der Waals surface area contributed by atoms with Crippen molar-refractivity contribution in [3.63, 3.8) is 0 Å². The summed E-state index contributed by atoms with van der Waals surface area (Å²) in [7, 11) is 0. The number of aromatic nitrogens is 3. The standard InChI is InChI=1S/C17H27N5O2/c23-16(22(15-5-6-15)14-3-1-2-4-14)11-20-9-7-17(24,12-20)13-21-10-8-18-19-21/h8,10,14-15,24H,1-7,9,11-13H2. The SMILES string of the molecule is O=C(CN1CCC(O)(Cn2ccnn2)C1)N(C1CCCC1)C1CC1. The van der Waals surface area contributed by atoms with Crippen LogP contribution in [0.5, 0.6) is 0 Å². The topological polar surface area (TPSA) is 74.5 Å². The molecular formula is C17H27N5O2. The van der Waals surface area contributed by atoms with E-state index in [2.05, 4.69) is 20.1 Å². The number of likely N-dealkylation sites (tertiary alicyclic amines) is 1. The Bertz CT molecular complexity index is 568. The molecule has 1 aromatic rings. The van der Waals surface area contributed by atoms with E-state index in [9.17, 15) is 9.90 Å². The van der Waals surface area contributed by atoms with Crippen molar-refractivity contribution in [2.45, 2.75) is 69.2 Å². The van der Waals surface area contributed by atoms with Crippen molar-refractivity contribution in [2.75, 3.05) is 19.6 Å². The van der Waals surface area contributed by atoms with Crippen molar-refractivity contribution < 1.29 is 9.90 Å². The van der Waals surface area contributed by atoms with E-state index in [1.54, 1.807) is 17.1 Å². The molecule has 3 aliphatic rings. The third-order valence-corrected chi connectivity index (χ3v) is 5.64. The number of hydrogen-bond donors (Lipinski definition) is 1. The van der Waals surface area contributed by atoms with Crippen molar-refractivity contribution >= 4 is 5.91 Å². The Labute approximate surface area is 142 Å². The Morgan fingerprint density at radius 2 is 2.00 bits per heavy atom. The van der Waals surface area contributed by atoms with Crippen LogP contribution in [-0.4, -0.2) is 73.1 Å². The van der Waals surface area contributed by atoms with Gasteiger partial charge in [-0.1, -0.05) is 18.1 Å². The van der Waals surface area contributed by atoms with Gasteiger partial charge in [-0.05, 0) is 32.1 Å². The van der Waals surface area contributed by atoms with Crippen molar-refractivity contribution in [3.8, 4) is 0 Å². The van der Waals surface area contributed by atoms with E-state index in [4.69, 9.17) is 0 Å². The van der Waals surface area contributed by atoms with E-state index in [1.165, 1.54) is 38.5 Å². The highest BCUT2D eigenvalue weighted by molar-refractivity contribution is 5.79. The lowest BCUT2D eigenvalue weighted by Gasteiger charge is -2.31. The Morgan fingerprint density at radius 1 is 1.25 bits per heavy atom. The molecule has 0 spiro atoms. The van der Waals surface area contributed by atoms with Crippen molar-refractivity contribution in [3.05, 3.63) is 12.4 Å². The lowest BCUT2D eigenvalue weighted by Crippen LogP contribution is -2.46. The number of nitrogens with zero attached hydrogens (tertiary/aromatic N) is 5. The maximum absolute atomic E-state index is 12.9. The van der Waals surface area contributed by atoms with Crippen LogP contribution in [-0.2, 0) is 11.3 Å². The van der Waals surface area contributed by atoms with Gasteiger partial charge in [0.15, 0.2) is 0 Å². The lowest BCUT2D eigenvalue weighted by molar-refractivity contribution is -0.135. The van der Waals surface area contributed by atoms with Gasteiger partial charge in [0.1, 0.15) is 0 Å². The van der Waals surface area contributed by atoms with Crippen LogP contribution in [0.2, 0.25) is 0 Å². The highest BCUT2D eigenvalue weighted by Crippen LogP contribution is 2.35. The van der Waals surface area contributed by atoms with E-state index < -0.39 is 5.60 Å². The summed E-state index contributed by atoms with van der Waals surface area (Å²) in [5.41, 5.74) is -0.814. The second-order valence-electron chi connectivity index (χ2n) is 7.76. The molecule has 1 atom stereocenters. The number of rotatable bonds is 6. The largest absolute Gasteiger partial charge is 0.387 e. The van der Waals surface area contributed by atoms with Gasteiger partial charge in [0, 0.05) is 31.4 Å². The van der Waals surface area contributed by atoms with Crippen molar-refractivity contribution in [1.82, 2.24) is 24.8 Å². The fourth-order valence-corrected chi connectivity index (χ4v) is 4.34. The molecule has 2 heterocycles. The molecule has 7 nitrogen and oxygen atoms in total. The summed E-state index contributed by atoms with van der Waals surface area (Å²) in [6, 6.07) is 0.943. The maximum atomic E-state index is 12.9. The summed E-state index contributed by atoms with van der Waals surface area (Å²) in [6.07, 6.45) is 11.2. The molecular weight excluding hydrogens is 306 g/mol. The predicted octanol–water partition coefficient (Wildman–Crippen LogP) is 0.648. The van der Waals surface area contributed by atoms with E-state index in [0.717, 1.165) is 6.54 Å².